The first-order valence-electron chi connectivity index (χ1n) is 9.80. The molecule has 2 amide bonds. The Kier molecular flexibility index (Phi) is 8.47. The number of nitrogens with one attached hydrogen (secondary N) is 2. The zero-order chi connectivity index (χ0) is 23.2. The number of rotatable bonds is 8. The van der Waals surface area contributed by atoms with E-state index in [2.05, 4.69) is 10.6 Å². The van der Waals surface area contributed by atoms with Gasteiger partial charge in [-0.15, -0.1) is 0 Å². The summed E-state index contributed by atoms with van der Waals surface area (Å²) in [5, 5.41) is 4.87. The van der Waals surface area contributed by atoms with E-state index in [9.17, 15) is 22.8 Å². The van der Waals surface area contributed by atoms with E-state index in [-0.39, 0.29) is 24.7 Å². The van der Waals surface area contributed by atoms with Gasteiger partial charge in [0.15, 0.2) is 0 Å². The minimum absolute atomic E-state index is 0.0240. The Morgan fingerprint density at radius 1 is 0.968 bits per heavy atom. The van der Waals surface area contributed by atoms with Gasteiger partial charge in [-0.05, 0) is 49.2 Å². The molecule has 0 saturated carbocycles. The second-order valence-corrected chi connectivity index (χ2v) is 7.53. The molecule has 0 aromatic heterocycles. The van der Waals surface area contributed by atoms with Gasteiger partial charge < -0.3 is 10.6 Å². The van der Waals surface area contributed by atoms with E-state index in [1.807, 2.05) is 32.0 Å². The summed E-state index contributed by atoms with van der Waals surface area (Å²) in [4.78, 5) is 26.2. The third-order valence-electron chi connectivity index (χ3n) is 4.65. The van der Waals surface area contributed by atoms with Crippen LogP contribution in [0.4, 0.5) is 24.5 Å². The van der Waals surface area contributed by atoms with E-state index >= 15 is 0 Å². The molecule has 0 radical (unpaired) electrons. The highest BCUT2D eigenvalue weighted by molar-refractivity contribution is 6.31. The number of carbonyl (C=O) groups is 2. The van der Waals surface area contributed by atoms with Gasteiger partial charge in [0.2, 0.25) is 11.8 Å². The molecule has 2 aromatic carbocycles. The molecule has 2 aromatic rings. The monoisotopic (exact) mass is 455 g/mol. The van der Waals surface area contributed by atoms with Crippen LogP contribution in [-0.4, -0.2) is 36.9 Å². The fourth-order valence-electron chi connectivity index (χ4n) is 3.15. The molecule has 0 aliphatic carbocycles. The molecule has 0 aliphatic heterocycles. The van der Waals surface area contributed by atoms with Crippen LogP contribution in [-0.2, 0) is 28.6 Å². The molecule has 168 valence electrons. The van der Waals surface area contributed by atoms with Gasteiger partial charge in [-0.3, -0.25) is 14.5 Å². The number of anilines is 2. The summed E-state index contributed by atoms with van der Waals surface area (Å²) in [6.07, 6.45) is -3.09. The number of alkyl halides is 3. The van der Waals surface area contributed by atoms with Crippen LogP contribution in [0.15, 0.2) is 36.4 Å². The summed E-state index contributed by atoms with van der Waals surface area (Å²) in [6, 6.07) is 9.00. The lowest BCUT2D eigenvalue weighted by Crippen LogP contribution is -2.36. The normalized spacial score (nSPS) is 11.5. The van der Waals surface area contributed by atoms with Crippen LogP contribution in [0.5, 0.6) is 0 Å². The molecule has 5 nitrogen and oxygen atoms in total. The lowest BCUT2D eigenvalue weighted by Gasteiger charge is -2.19. The van der Waals surface area contributed by atoms with Crippen LogP contribution >= 0.6 is 11.6 Å². The number of carbonyl (C=O) groups excluding carboxylic acids is 2. The summed E-state index contributed by atoms with van der Waals surface area (Å²) in [7, 11) is 1.58. The van der Waals surface area contributed by atoms with Gasteiger partial charge in [0.25, 0.3) is 0 Å². The number of aryl methyl sites for hydroxylation is 2. The van der Waals surface area contributed by atoms with Crippen molar-refractivity contribution in [2.75, 3.05) is 30.8 Å². The number of hydrogen-bond acceptors (Lipinski definition) is 3. The van der Waals surface area contributed by atoms with Crippen LogP contribution < -0.4 is 10.6 Å². The molecule has 2 N–H and O–H groups in total. The van der Waals surface area contributed by atoms with Gasteiger partial charge >= 0.3 is 6.18 Å². The molecule has 0 saturated heterocycles. The minimum Gasteiger partial charge on any atom is -0.325 e. The standard InChI is InChI=1S/C22H25ClF3N3O2/c1-4-14-7-6-8-15(5-2)21(14)28-20(31)13-29(3)12-19(30)27-16-9-10-18(23)17(11-16)22(24,25)26/h6-11H,4-5,12-13H2,1-3H3,(H,27,30)(H,28,31). The smallest absolute Gasteiger partial charge is 0.325 e. The summed E-state index contributed by atoms with van der Waals surface area (Å²) in [6.45, 7) is 3.78. The summed E-state index contributed by atoms with van der Waals surface area (Å²) >= 11 is 5.58. The zero-order valence-corrected chi connectivity index (χ0v) is 18.3. The molecular formula is C22H25ClF3N3O2. The average molecular weight is 456 g/mol. The third kappa shape index (κ3) is 6.97. The number of hydrogen-bond donors (Lipinski definition) is 2. The van der Waals surface area contributed by atoms with Crippen molar-refractivity contribution >= 4 is 34.8 Å². The van der Waals surface area contributed by atoms with E-state index in [1.165, 1.54) is 11.0 Å². The van der Waals surface area contributed by atoms with Gasteiger partial charge in [0.05, 0.1) is 23.7 Å². The average Bonchev–Trinajstić information content (AvgIpc) is 2.68. The number of nitrogens with zero attached hydrogens (tertiary/aromatic N) is 1. The molecular weight excluding hydrogens is 431 g/mol. The van der Waals surface area contributed by atoms with Gasteiger partial charge in [0.1, 0.15) is 0 Å². The number of halogens is 4. The Labute approximate surface area is 184 Å². The lowest BCUT2D eigenvalue weighted by molar-refractivity contribution is -0.137. The van der Waals surface area contributed by atoms with Gasteiger partial charge in [-0.25, -0.2) is 0 Å². The maximum atomic E-state index is 13.0. The quantitative estimate of drug-likeness (QED) is 0.589. The van der Waals surface area contributed by atoms with Gasteiger partial charge in [-0.2, -0.15) is 13.2 Å². The van der Waals surface area contributed by atoms with E-state index in [0.717, 1.165) is 41.8 Å². The van der Waals surface area contributed by atoms with Gasteiger partial charge in [-0.1, -0.05) is 43.6 Å². The van der Waals surface area contributed by atoms with Crippen molar-refractivity contribution in [1.82, 2.24) is 4.90 Å². The maximum Gasteiger partial charge on any atom is 0.417 e. The second kappa shape index (κ2) is 10.6. The fraction of sp³-hybridized carbons (Fsp3) is 0.364. The van der Waals surface area contributed by atoms with Crippen LogP contribution in [0.3, 0.4) is 0 Å². The number of amides is 2. The van der Waals surface area contributed by atoms with Crippen molar-refractivity contribution in [1.29, 1.82) is 0 Å². The molecule has 0 aliphatic rings. The maximum absolute atomic E-state index is 13.0. The van der Waals surface area contributed by atoms with Crippen molar-refractivity contribution in [3.8, 4) is 0 Å². The molecule has 0 heterocycles. The van der Waals surface area contributed by atoms with Crippen molar-refractivity contribution in [3.05, 3.63) is 58.1 Å². The van der Waals surface area contributed by atoms with Crippen LogP contribution in [0.2, 0.25) is 5.02 Å². The predicted molar refractivity (Wildman–Crippen MR) is 116 cm³/mol. The first-order valence-corrected chi connectivity index (χ1v) is 10.2. The fourth-order valence-corrected chi connectivity index (χ4v) is 3.37. The van der Waals surface area contributed by atoms with Crippen molar-refractivity contribution in [2.24, 2.45) is 0 Å². The van der Waals surface area contributed by atoms with Crippen molar-refractivity contribution in [2.45, 2.75) is 32.9 Å². The van der Waals surface area contributed by atoms with E-state index in [1.54, 1.807) is 7.05 Å². The highest BCUT2D eigenvalue weighted by atomic mass is 35.5. The number of benzene rings is 2. The Balaban J connectivity index is 1.97. The summed E-state index contributed by atoms with van der Waals surface area (Å²) in [5.41, 5.74) is 1.79. The number of likely N-dealkylation sites (N-methyl/N-ethyl adjacent to an activating group) is 1. The van der Waals surface area contributed by atoms with E-state index in [4.69, 9.17) is 11.6 Å². The van der Waals surface area contributed by atoms with E-state index < -0.39 is 22.7 Å². The Morgan fingerprint density at radius 3 is 2.03 bits per heavy atom. The summed E-state index contributed by atoms with van der Waals surface area (Å²) in [5.74, 6) is -0.828. The van der Waals surface area contributed by atoms with E-state index in [0.29, 0.717) is 0 Å². The van der Waals surface area contributed by atoms with Crippen LogP contribution in [0, 0.1) is 0 Å². The zero-order valence-electron chi connectivity index (χ0n) is 17.6. The first-order chi connectivity index (χ1) is 14.5. The molecule has 31 heavy (non-hydrogen) atoms. The Hall–Kier alpha value is -2.58. The van der Waals surface area contributed by atoms with Crippen molar-refractivity contribution < 1.29 is 22.8 Å². The molecule has 0 atom stereocenters. The van der Waals surface area contributed by atoms with Crippen LogP contribution in [0.1, 0.15) is 30.5 Å². The molecule has 9 heteroatoms. The molecule has 0 spiro atoms. The SMILES string of the molecule is CCc1cccc(CC)c1NC(=O)CN(C)CC(=O)Nc1ccc(Cl)c(C(F)(F)F)c1. The largest absolute Gasteiger partial charge is 0.417 e. The molecule has 2 rings (SSSR count). The Bertz CT molecular complexity index is 926. The third-order valence-corrected chi connectivity index (χ3v) is 4.98. The first kappa shape index (κ1) is 24.7. The molecule has 0 bridgehead atoms. The second-order valence-electron chi connectivity index (χ2n) is 7.12. The highest BCUT2D eigenvalue weighted by Gasteiger charge is 2.33. The van der Waals surface area contributed by atoms with Crippen molar-refractivity contribution in [3.63, 3.8) is 0 Å². The summed E-state index contributed by atoms with van der Waals surface area (Å²) < 4.78 is 38.9. The topological polar surface area (TPSA) is 61.4 Å². The Morgan fingerprint density at radius 2 is 1.52 bits per heavy atom. The predicted octanol–water partition coefficient (Wildman–Crippen LogP) is 4.99. The number of para-hydroxylation sites is 1. The minimum atomic E-state index is -4.63. The van der Waals surface area contributed by atoms with Gasteiger partial charge in [0, 0.05) is 11.4 Å². The van der Waals surface area contributed by atoms with Crippen LogP contribution in [0.25, 0.3) is 0 Å². The highest BCUT2D eigenvalue weighted by Crippen LogP contribution is 2.36. The molecule has 0 unspecified atom stereocenters. The lowest BCUT2D eigenvalue weighted by atomic mass is 10.0. The molecule has 0 fully saturated rings.